The maximum absolute atomic E-state index is 9.69. The number of para-hydroxylation sites is 1. The number of rotatable bonds is 3. The van der Waals surface area contributed by atoms with Crippen molar-refractivity contribution in [3.8, 4) is 11.5 Å². The number of phenols is 2. The largest absolute Gasteiger partial charge is 0.504 e. The standard InChI is InChI=1S/C27H28ClNO2/c1-27(2)21-9-4-5-10-22(21)29(3)25(27)16-14-20-8-6-7-19(26(20)28)13-11-18-12-15-23(30)24(31)17-18/h4-5,9-17,30-31H,6-8H2,1-3H3/b13-11+,20-14+,25-16-. The van der Waals surface area contributed by atoms with Gasteiger partial charge in [-0.2, -0.15) is 0 Å². The van der Waals surface area contributed by atoms with Crippen LogP contribution in [0.15, 0.2) is 82.6 Å². The number of aromatic hydroxyl groups is 2. The van der Waals surface area contributed by atoms with Gasteiger partial charge in [0.1, 0.15) is 0 Å². The van der Waals surface area contributed by atoms with E-state index in [4.69, 9.17) is 11.6 Å². The Balaban J connectivity index is 1.62. The summed E-state index contributed by atoms with van der Waals surface area (Å²) < 4.78 is 0. The zero-order valence-electron chi connectivity index (χ0n) is 18.2. The van der Waals surface area contributed by atoms with Gasteiger partial charge in [0.2, 0.25) is 0 Å². The van der Waals surface area contributed by atoms with Crippen LogP contribution in [0.2, 0.25) is 0 Å². The zero-order chi connectivity index (χ0) is 22.2. The second-order valence-electron chi connectivity index (χ2n) is 8.72. The number of nitrogens with zero attached hydrogens (tertiary/aromatic N) is 1. The fourth-order valence-electron chi connectivity index (χ4n) is 4.53. The average Bonchev–Trinajstić information content (AvgIpc) is 2.95. The van der Waals surface area contributed by atoms with E-state index < -0.39 is 0 Å². The maximum atomic E-state index is 9.69. The summed E-state index contributed by atoms with van der Waals surface area (Å²) in [6.07, 6.45) is 11.2. The molecule has 0 amide bonds. The van der Waals surface area contributed by atoms with Crippen LogP contribution in [-0.4, -0.2) is 17.3 Å². The van der Waals surface area contributed by atoms with Gasteiger partial charge in [-0.25, -0.2) is 0 Å². The second kappa shape index (κ2) is 8.32. The molecule has 1 aliphatic heterocycles. The second-order valence-corrected chi connectivity index (χ2v) is 9.10. The van der Waals surface area contributed by atoms with Crippen LogP contribution >= 0.6 is 11.6 Å². The Labute approximate surface area is 189 Å². The number of hydrogen-bond donors (Lipinski definition) is 2. The van der Waals surface area contributed by atoms with E-state index >= 15 is 0 Å². The Bertz CT molecular complexity index is 1140. The van der Waals surface area contributed by atoms with Gasteiger partial charge >= 0.3 is 0 Å². The number of anilines is 1. The Morgan fingerprint density at radius 2 is 1.74 bits per heavy atom. The summed E-state index contributed by atoms with van der Waals surface area (Å²) in [5.74, 6) is -0.241. The first-order chi connectivity index (χ1) is 14.8. The number of benzene rings is 2. The molecule has 4 rings (SSSR count). The smallest absolute Gasteiger partial charge is 0.157 e. The molecule has 0 aromatic heterocycles. The van der Waals surface area contributed by atoms with E-state index in [1.807, 2.05) is 12.2 Å². The number of phenolic OH excluding ortho intramolecular Hbond substituents is 2. The summed E-state index contributed by atoms with van der Waals surface area (Å²) in [7, 11) is 2.12. The van der Waals surface area contributed by atoms with Gasteiger partial charge in [0.25, 0.3) is 0 Å². The fraction of sp³-hybridized carbons (Fsp3) is 0.259. The molecule has 2 aromatic carbocycles. The van der Waals surface area contributed by atoms with Gasteiger partial charge in [0.15, 0.2) is 11.5 Å². The Hall–Kier alpha value is -2.91. The molecule has 0 unspecified atom stereocenters. The minimum atomic E-state index is -0.123. The average molecular weight is 434 g/mol. The Morgan fingerprint density at radius 1 is 0.968 bits per heavy atom. The molecule has 0 bridgehead atoms. The van der Waals surface area contributed by atoms with E-state index in [-0.39, 0.29) is 16.9 Å². The highest BCUT2D eigenvalue weighted by atomic mass is 35.5. The van der Waals surface area contributed by atoms with Gasteiger partial charge in [0.05, 0.1) is 0 Å². The summed E-state index contributed by atoms with van der Waals surface area (Å²) in [6.45, 7) is 4.53. The van der Waals surface area contributed by atoms with Gasteiger partial charge in [-0.3, -0.25) is 0 Å². The van der Waals surface area contributed by atoms with E-state index in [2.05, 4.69) is 62.2 Å². The predicted molar refractivity (Wildman–Crippen MR) is 130 cm³/mol. The van der Waals surface area contributed by atoms with Crippen LogP contribution in [-0.2, 0) is 5.41 Å². The van der Waals surface area contributed by atoms with E-state index in [9.17, 15) is 10.2 Å². The molecule has 31 heavy (non-hydrogen) atoms. The van der Waals surface area contributed by atoms with E-state index in [1.54, 1.807) is 12.1 Å². The van der Waals surface area contributed by atoms with Crippen LogP contribution in [0.5, 0.6) is 11.5 Å². The Morgan fingerprint density at radius 3 is 2.48 bits per heavy atom. The van der Waals surface area contributed by atoms with Crippen LogP contribution in [0.4, 0.5) is 5.69 Å². The number of likely N-dealkylation sites (N-methyl/N-ethyl adjacent to an activating group) is 1. The Kier molecular flexibility index (Phi) is 5.72. The molecule has 2 N–H and O–H groups in total. The fourth-order valence-corrected chi connectivity index (χ4v) is 4.85. The number of fused-ring (bicyclic) bond motifs is 1. The molecule has 1 aliphatic carbocycles. The van der Waals surface area contributed by atoms with Gasteiger partial charge in [0, 0.05) is 28.9 Å². The van der Waals surface area contributed by atoms with E-state index in [0.29, 0.717) is 0 Å². The molecule has 0 spiro atoms. The molecule has 4 heteroatoms. The lowest BCUT2D eigenvalue weighted by molar-refractivity contribution is 0.403. The molecule has 0 atom stereocenters. The van der Waals surface area contributed by atoms with Gasteiger partial charge < -0.3 is 15.1 Å². The quantitative estimate of drug-likeness (QED) is 0.511. The lowest BCUT2D eigenvalue weighted by atomic mass is 9.83. The third-order valence-electron chi connectivity index (χ3n) is 6.32. The molecule has 0 radical (unpaired) electrons. The van der Waals surface area contributed by atoms with Crippen molar-refractivity contribution in [2.24, 2.45) is 0 Å². The van der Waals surface area contributed by atoms with Crippen LogP contribution in [0.25, 0.3) is 6.08 Å². The van der Waals surface area contributed by atoms with Gasteiger partial charge in [-0.05, 0) is 65.8 Å². The van der Waals surface area contributed by atoms with Crippen molar-refractivity contribution in [3.63, 3.8) is 0 Å². The normalized spacial score (nSPS) is 20.8. The summed E-state index contributed by atoms with van der Waals surface area (Å²) in [4.78, 5) is 2.27. The van der Waals surface area contributed by atoms with Gasteiger partial charge in [-0.1, -0.05) is 67.9 Å². The van der Waals surface area contributed by atoms with Crippen LogP contribution < -0.4 is 4.90 Å². The highest BCUT2D eigenvalue weighted by Gasteiger charge is 2.37. The zero-order valence-corrected chi connectivity index (χ0v) is 18.9. The molecule has 160 valence electrons. The lowest BCUT2D eigenvalue weighted by Crippen LogP contribution is -2.22. The topological polar surface area (TPSA) is 43.7 Å². The number of hydrogen-bond acceptors (Lipinski definition) is 3. The highest BCUT2D eigenvalue weighted by Crippen LogP contribution is 2.46. The van der Waals surface area contributed by atoms with Crippen LogP contribution in [0.3, 0.4) is 0 Å². The van der Waals surface area contributed by atoms with Crippen molar-refractivity contribution in [1.82, 2.24) is 0 Å². The van der Waals surface area contributed by atoms with Crippen LogP contribution in [0, 0.1) is 0 Å². The summed E-state index contributed by atoms with van der Waals surface area (Å²) in [6, 6.07) is 13.4. The molecular weight excluding hydrogens is 406 g/mol. The first-order valence-electron chi connectivity index (χ1n) is 10.6. The molecule has 2 aromatic rings. The van der Waals surface area contributed by atoms with Crippen molar-refractivity contribution in [3.05, 3.63) is 93.7 Å². The van der Waals surface area contributed by atoms with Crippen LogP contribution in [0.1, 0.15) is 44.2 Å². The van der Waals surface area contributed by atoms with Crippen molar-refractivity contribution in [1.29, 1.82) is 0 Å². The monoisotopic (exact) mass is 433 g/mol. The molecule has 0 saturated heterocycles. The number of halogens is 1. The molecule has 3 nitrogen and oxygen atoms in total. The van der Waals surface area contributed by atoms with Crippen molar-refractivity contribution < 1.29 is 10.2 Å². The molecule has 1 heterocycles. The minimum absolute atomic E-state index is 0.0587. The van der Waals surface area contributed by atoms with Crippen molar-refractivity contribution >= 4 is 23.4 Å². The third kappa shape index (κ3) is 4.03. The SMILES string of the molecule is CN1/C(=C\C=C2/CCCC(/C=C/c3ccc(O)c(O)c3)=C2Cl)C(C)(C)c2ccccc21. The maximum Gasteiger partial charge on any atom is 0.157 e. The third-order valence-corrected chi connectivity index (χ3v) is 6.80. The number of allylic oxidation sites excluding steroid dienone is 7. The summed E-state index contributed by atoms with van der Waals surface area (Å²) in [5.41, 5.74) is 6.85. The summed E-state index contributed by atoms with van der Waals surface area (Å²) >= 11 is 6.78. The van der Waals surface area contributed by atoms with E-state index in [0.717, 1.165) is 41.0 Å². The molecule has 2 aliphatic rings. The minimum Gasteiger partial charge on any atom is -0.504 e. The lowest BCUT2D eigenvalue weighted by Gasteiger charge is -2.24. The molecular formula is C27H28ClNO2. The first kappa shape index (κ1) is 21.3. The summed E-state index contributed by atoms with van der Waals surface area (Å²) in [5, 5.41) is 20.0. The van der Waals surface area contributed by atoms with Crippen molar-refractivity contribution in [2.45, 2.75) is 38.5 Å². The van der Waals surface area contributed by atoms with Crippen molar-refractivity contribution in [2.75, 3.05) is 11.9 Å². The highest BCUT2D eigenvalue weighted by molar-refractivity contribution is 6.32. The molecule has 0 saturated carbocycles. The van der Waals surface area contributed by atoms with E-state index in [1.165, 1.54) is 23.0 Å². The first-order valence-corrected chi connectivity index (χ1v) is 11.0. The molecule has 0 fully saturated rings. The predicted octanol–water partition coefficient (Wildman–Crippen LogP) is 7.03. The van der Waals surface area contributed by atoms with Gasteiger partial charge in [-0.15, -0.1) is 0 Å².